The predicted molar refractivity (Wildman–Crippen MR) is 100 cm³/mol. The molecule has 0 saturated carbocycles. The first-order chi connectivity index (χ1) is 12.2. The Balaban J connectivity index is 1.33. The number of thiazole rings is 1. The van der Waals surface area contributed by atoms with Gasteiger partial charge in [-0.2, -0.15) is 0 Å². The molecular weight excluding hydrogens is 356 g/mol. The van der Waals surface area contributed by atoms with Gasteiger partial charge >= 0.3 is 0 Å². The third-order valence-electron chi connectivity index (χ3n) is 4.32. The van der Waals surface area contributed by atoms with Crippen LogP contribution in [0.5, 0.6) is 11.5 Å². The number of hydrogen-bond donors (Lipinski definition) is 1. The quantitative estimate of drug-likeness (QED) is 0.823. The molecule has 1 aliphatic carbocycles. The number of nitrogens with zero attached hydrogens (tertiary/aromatic N) is 1. The SMILES string of the molecule is CC1CCc2nc(NC(=O)CSc3ccc4c(c3)OCCO4)sc2C1. The van der Waals surface area contributed by atoms with Crippen LogP contribution < -0.4 is 14.8 Å². The van der Waals surface area contributed by atoms with Gasteiger partial charge in [0, 0.05) is 9.77 Å². The fourth-order valence-electron chi connectivity index (χ4n) is 3.01. The maximum absolute atomic E-state index is 12.2. The first-order valence-corrected chi connectivity index (χ1v) is 10.3. The molecule has 25 heavy (non-hydrogen) atoms. The highest BCUT2D eigenvalue weighted by Crippen LogP contribution is 2.35. The Hall–Kier alpha value is -1.73. The van der Waals surface area contributed by atoms with Crippen molar-refractivity contribution >= 4 is 34.1 Å². The van der Waals surface area contributed by atoms with Crippen molar-refractivity contribution in [2.75, 3.05) is 24.3 Å². The van der Waals surface area contributed by atoms with Crippen LogP contribution in [0, 0.1) is 5.92 Å². The molecule has 1 aromatic carbocycles. The highest BCUT2D eigenvalue weighted by Gasteiger charge is 2.20. The van der Waals surface area contributed by atoms with Gasteiger partial charge in [-0.3, -0.25) is 4.79 Å². The van der Waals surface area contributed by atoms with Crippen molar-refractivity contribution in [3.63, 3.8) is 0 Å². The van der Waals surface area contributed by atoms with E-state index in [1.807, 2.05) is 18.2 Å². The number of anilines is 1. The highest BCUT2D eigenvalue weighted by molar-refractivity contribution is 8.00. The van der Waals surface area contributed by atoms with E-state index in [9.17, 15) is 4.79 Å². The van der Waals surface area contributed by atoms with E-state index < -0.39 is 0 Å². The normalized spacial score (nSPS) is 18.5. The van der Waals surface area contributed by atoms with Crippen molar-refractivity contribution in [1.82, 2.24) is 4.98 Å². The summed E-state index contributed by atoms with van der Waals surface area (Å²) in [5.74, 6) is 2.54. The Morgan fingerprint density at radius 1 is 1.36 bits per heavy atom. The Bertz CT molecular complexity index is 791. The molecule has 1 atom stereocenters. The number of benzene rings is 1. The molecule has 2 heterocycles. The lowest BCUT2D eigenvalue weighted by Gasteiger charge is -2.18. The van der Waals surface area contributed by atoms with Gasteiger partial charge in [-0.25, -0.2) is 4.98 Å². The molecule has 0 spiro atoms. The van der Waals surface area contributed by atoms with Crippen molar-refractivity contribution in [3.8, 4) is 11.5 Å². The summed E-state index contributed by atoms with van der Waals surface area (Å²) < 4.78 is 11.1. The van der Waals surface area contributed by atoms with Gasteiger partial charge in [-0.15, -0.1) is 23.1 Å². The van der Waals surface area contributed by atoms with E-state index in [1.165, 1.54) is 23.1 Å². The lowest BCUT2D eigenvalue weighted by atomic mass is 9.93. The average molecular weight is 377 g/mol. The van der Waals surface area contributed by atoms with E-state index in [1.54, 1.807) is 11.3 Å². The third-order valence-corrected chi connectivity index (χ3v) is 6.35. The van der Waals surface area contributed by atoms with Crippen LogP contribution in [-0.2, 0) is 17.6 Å². The molecule has 2 aliphatic rings. The Morgan fingerprint density at radius 3 is 3.08 bits per heavy atom. The van der Waals surface area contributed by atoms with Crippen LogP contribution in [0.1, 0.15) is 23.9 Å². The Kier molecular flexibility index (Phi) is 4.85. The minimum Gasteiger partial charge on any atom is -0.486 e. The van der Waals surface area contributed by atoms with Crippen molar-refractivity contribution in [2.24, 2.45) is 5.92 Å². The molecule has 1 aliphatic heterocycles. The number of aromatic nitrogens is 1. The first-order valence-electron chi connectivity index (χ1n) is 8.48. The average Bonchev–Trinajstić information content (AvgIpc) is 3.01. The molecule has 0 saturated heterocycles. The van der Waals surface area contributed by atoms with E-state index >= 15 is 0 Å². The van der Waals surface area contributed by atoms with E-state index in [0.717, 1.165) is 40.1 Å². The minimum atomic E-state index is -0.0287. The lowest BCUT2D eigenvalue weighted by molar-refractivity contribution is -0.113. The number of thioether (sulfide) groups is 1. The summed E-state index contributed by atoms with van der Waals surface area (Å²) >= 11 is 3.10. The largest absolute Gasteiger partial charge is 0.486 e. The lowest BCUT2D eigenvalue weighted by Crippen LogP contribution is -2.15. The number of nitrogens with one attached hydrogen (secondary N) is 1. The fraction of sp³-hybridized carbons (Fsp3) is 0.444. The van der Waals surface area contributed by atoms with Gasteiger partial charge in [0.1, 0.15) is 13.2 Å². The molecule has 5 nitrogen and oxygen atoms in total. The second kappa shape index (κ2) is 7.25. The topological polar surface area (TPSA) is 60.5 Å². The summed E-state index contributed by atoms with van der Waals surface area (Å²) in [6.07, 6.45) is 3.29. The number of carbonyl (C=O) groups excluding carboxylic acids is 1. The van der Waals surface area contributed by atoms with Crippen molar-refractivity contribution in [1.29, 1.82) is 0 Å². The third kappa shape index (κ3) is 3.93. The monoisotopic (exact) mass is 376 g/mol. The number of aryl methyl sites for hydroxylation is 1. The van der Waals surface area contributed by atoms with E-state index in [2.05, 4.69) is 17.2 Å². The molecule has 7 heteroatoms. The number of rotatable bonds is 4. The zero-order valence-corrected chi connectivity index (χ0v) is 15.7. The maximum Gasteiger partial charge on any atom is 0.236 e. The van der Waals surface area contributed by atoms with Crippen molar-refractivity contribution in [2.45, 2.75) is 31.1 Å². The van der Waals surface area contributed by atoms with Crippen LogP contribution >= 0.6 is 23.1 Å². The molecule has 1 N–H and O–H groups in total. The summed E-state index contributed by atoms with van der Waals surface area (Å²) in [6, 6.07) is 5.77. The summed E-state index contributed by atoms with van der Waals surface area (Å²) in [5, 5.41) is 3.67. The predicted octanol–water partition coefficient (Wildman–Crippen LogP) is 3.77. The summed E-state index contributed by atoms with van der Waals surface area (Å²) in [6.45, 7) is 3.41. The number of fused-ring (bicyclic) bond motifs is 2. The van der Waals surface area contributed by atoms with Crippen LogP contribution in [0.3, 0.4) is 0 Å². The van der Waals surface area contributed by atoms with Gasteiger partial charge in [-0.1, -0.05) is 6.92 Å². The van der Waals surface area contributed by atoms with Gasteiger partial charge in [0.05, 0.1) is 11.4 Å². The summed E-state index contributed by atoms with van der Waals surface area (Å²) in [4.78, 5) is 19.1. The zero-order valence-electron chi connectivity index (χ0n) is 14.0. The van der Waals surface area contributed by atoms with Gasteiger partial charge in [0.2, 0.25) is 5.91 Å². The molecule has 0 fully saturated rings. The van der Waals surface area contributed by atoms with Crippen LogP contribution in [-0.4, -0.2) is 29.9 Å². The maximum atomic E-state index is 12.2. The molecule has 1 aromatic heterocycles. The van der Waals surface area contributed by atoms with Gasteiger partial charge < -0.3 is 14.8 Å². The van der Waals surface area contributed by atoms with Gasteiger partial charge in [0.25, 0.3) is 0 Å². The second-order valence-electron chi connectivity index (χ2n) is 6.38. The fourth-order valence-corrected chi connectivity index (χ4v) is 4.92. The molecule has 1 unspecified atom stereocenters. The molecule has 132 valence electrons. The van der Waals surface area contributed by atoms with Gasteiger partial charge in [0.15, 0.2) is 16.6 Å². The molecule has 2 aromatic rings. The highest BCUT2D eigenvalue weighted by atomic mass is 32.2. The van der Waals surface area contributed by atoms with Crippen LogP contribution in [0.4, 0.5) is 5.13 Å². The number of hydrogen-bond acceptors (Lipinski definition) is 6. The molecule has 0 radical (unpaired) electrons. The van der Waals surface area contributed by atoms with E-state index in [4.69, 9.17) is 9.47 Å². The van der Waals surface area contributed by atoms with Gasteiger partial charge in [-0.05, 0) is 43.4 Å². The van der Waals surface area contributed by atoms with E-state index in [-0.39, 0.29) is 5.91 Å². The number of amides is 1. The zero-order chi connectivity index (χ0) is 17.2. The smallest absolute Gasteiger partial charge is 0.236 e. The minimum absolute atomic E-state index is 0.0287. The Morgan fingerprint density at radius 2 is 2.20 bits per heavy atom. The molecular formula is C18H20N2O3S2. The van der Waals surface area contributed by atoms with E-state index in [0.29, 0.717) is 24.9 Å². The van der Waals surface area contributed by atoms with Crippen LogP contribution in [0.25, 0.3) is 0 Å². The molecule has 4 rings (SSSR count). The summed E-state index contributed by atoms with van der Waals surface area (Å²) in [5.41, 5.74) is 1.16. The number of carbonyl (C=O) groups is 1. The summed E-state index contributed by atoms with van der Waals surface area (Å²) in [7, 11) is 0. The molecule has 0 bridgehead atoms. The van der Waals surface area contributed by atoms with Crippen molar-refractivity contribution < 1.29 is 14.3 Å². The standard InChI is InChI=1S/C18H20N2O3S2/c1-11-2-4-13-16(8-11)25-18(19-13)20-17(21)10-24-12-3-5-14-15(9-12)23-7-6-22-14/h3,5,9,11H,2,4,6-8,10H2,1H3,(H,19,20,21). The second-order valence-corrected chi connectivity index (χ2v) is 8.51. The molecule has 1 amide bonds. The Labute approximate surface area is 155 Å². The van der Waals surface area contributed by atoms with Crippen molar-refractivity contribution in [3.05, 3.63) is 28.8 Å². The first kappa shape index (κ1) is 16.7. The van der Waals surface area contributed by atoms with Crippen LogP contribution in [0.15, 0.2) is 23.1 Å². The number of ether oxygens (including phenoxy) is 2. The van der Waals surface area contributed by atoms with Crippen LogP contribution in [0.2, 0.25) is 0 Å².